The number of aliphatic hydroxyl groups is 1. The molecule has 0 bridgehead atoms. The van der Waals surface area contributed by atoms with Gasteiger partial charge >= 0.3 is 0 Å². The van der Waals surface area contributed by atoms with E-state index in [9.17, 15) is 5.11 Å². The lowest BCUT2D eigenvalue weighted by Crippen LogP contribution is -2.22. The first-order valence-electron chi connectivity index (χ1n) is 5.72. The molecule has 1 atom stereocenters. The zero-order valence-corrected chi connectivity index (χ0v) is 12.0. The van der Waals surface area contributed by atoms with Gasteiger partial charge in [-0.3, -0.25) is 0 Å². The molecule has 0 aliphatic carbocycles. The Bertz CT molecular complexity index is 692. The van der Waals surface area contributed by atoms with Gasteiger partial charge in [-0.15, -0.1) is 0 Å². The maximum atomic E-state index is 10.3. The molecule has 0 saturated carbocycles. The quantitative estimate of drug-likeness (QED) is 0.650. The second-order valence-corrected chi connectivity index (χ2v) is 6.69. The van der Waals surface area contributed by atoms with E-state index < -0.39 is 10.0 Å². The number of halogens is 3. The maximum absolute atomic E-state index is 10.3. The lowest BCUT2D eigenvalue weighted by molar-refractivity contribution is 0.117. The van der Waals surface area contributed by atoms with E-state index in [-0.39, 0.29) is 0 Å². The molecule has 1 heterocycles. The van der Waals surface area contributed by atoms with Crippen LogP contribution in [0.2, 0.25) is 0 Å². The first-order chi connectivity index (χ1) is 9.00. The van der Waals surface area contributed by atoms with Gasteiger partial charge in [-0.1, -0.05) is 71.2 Å². The summed E-state index contributed by atoms with van der Waals surface area (Å²) in [6.45, 7) is 0. The van der Waals surface area contributed by atoms with Crippen LogP contribution in [0.3, 0.4) is 0 Å². The minimum atomic E-state index is -1.79. The molecule has 98 valence electrons. The Labute approximate surface area is 125 Å². The van der Waals surface area contributed by atoms with Crippen molar-refractivity contribution < 1.29 is 5.11 Å². The van der Waals surface area contributed by atoms with Crippen molar-refractivity contribution in [3.63, 3.8) is 0 Å². The Morgan fingerprint density at radius 3 is 1.68 bits per heavy atom. The van der Waals surface area contributed by atoms with Gasteiger partial charge in [-0.2, -0.15) is 0 Å². The summed E-state index contributed by atoms with van der Waals surface area (Å²) in [7, 11) is 0. The van der Waals surface area contributed by atoms with Crippen molar-refractivity contribution in [3.05, 3.63) is 48.5 Å². The van der Waals surface area contributed by atoms with Crippen LogP contribution in [-0.4, -0.2) is 13.5 Å². The molecule has 0 radical (unpaired) electrons. The van der Waals surface area contributed by atoms with Crippen molar-refractivity contribution in [2.24, 2.45) is 0 Å². The van der Waals surface area contributed by atoms with Gasteiger partial charge in [0.1, 0.15) is 0 Å². The van der Waals surface area contributed by atoms with Crippen LogP contribution in [0.4, 0.5) is 0 Å². The summed E-state index contributed by atoms with van der Waals surface area (Å²) in [6, 6.07) is 15.4. The first kappa shape index (κ1) is 13.1. The summed E-state index contributed by atoms with van der Waals surface area (Å²) in [5.41, 5.74) is 1.67. The molecule has 2 aromatic carbocycles. The van der Waals surface area contributed by atoms with Crippen LogP contribution in [0.1, 0.15) is 6.23 Å². The van der Waals surface area contributed by atoms with Crippen LogP contribution >= 0.6 is 34.8 Å². The third-order valence-electron chi connectivity index (χ3n) is 3.15. The highest BCUT2D eigenvalue weighted by Crippen LogP contribution is 2.41. The van der Waals surface area contributed by atoms with Crippen molar-refractivity contribution in [3.8, 4) is 0 Å². The van der Waals surface area contributed by atoms with E-state index in [2.05, 4.69) is 0 Å². The summed E-state index contributed by atoms with van der Waals surface area (Å²) >= 11 is 17.5. The van der Waals surface area contributed by atoms with Crippen molar-refractivity contribution in [1.29, 1.82) is 0 Å². The summed E-state index contributed by atoms with van der Waals surface area (Å²) in [5, 5.41) is 12.3. The van der Waals surface area contributed by atoms with Crippen LogP contribution in [0.25, 0.3) is 21.8 Å². The van der Waals surface area contributed by atoms with E-state index in [0.29, 0.717) is 0 Å². The molecule has 0 aliphatic heterocycles. The zero-order chi connectivity index (χ0) is 13.6. The van der Waals surface area contributed by atoms with Crippen LogP contribution in [0.15, 0.2) is 48.5 Å². The summed E-state index contributed by atoms with van der Waals surface area (Å²) in [6.07, 6.45) is -1.25. The highest BCUT2D eigenvalue weighted by atomic mass is 35.6. The fourth-order valence-electron chi connectivity index (χ4n) is 2.36. The van der Waals surface area contributed by atoms with Gasteiger partial charge in [0.2, 0.25) is 3.79 Å². The molecule has 2 nitrogen and oxygen atoms in total. The number of fused-ring (bicyclic) bond motifs is 3. The van der Waals surface area contributed by atoms with Gasteiger partial charge in [-0.25, -0.2) is 0 Å². The summed E-state index contributed by atoms with van der Waals surface area (Å²) in [4.78, 5) is 0. The molecular weight excluding hydrogens is 305 g/mol. The Balaban J connectivity index is 2.43. The number of hydrogen-bond acceptors (Lipinski definition) is 1. The van der Waals surface area contributed by atoms with E-state index in [1.165, 1.54) is 0 Å². The van der Waals surface area contributed by atoms with Crippen LogP contribution in [0.5, 0.6) is 0 Å². The zero-order valence-electron chi connectivity index (χ0n) is 9.72. The molecule has 19 heavy (non-hydrogen) atoms. The van der Waals surface area contributed by atoms with Crippen LogP contribution in [0, 0.1) is 0 Å². The van der Waals surface area contributed by atoms with Gasteiger partial charge < -0.3 is 9.67 Å². The molecule has 3 rings (SSSR count). The normalized spacial score (nSPS) is 14.1. The molecular formula is C14H10Cl3NO. The van der Waals surface area contributed by atoms with Gasteiger partial charge in [0, 0.05) is 10.8 Å². The minimum Gasteiger partial charge on any atom is -0.369 e. The lowest BCUT2D eigenvalue weighted by Gasteiger charge is -2.22. The van der Waals surface area contributed by atoms with E-state index in [4.69, 9.17) is 34.8 Å². The second-order valence-electron chi connectivity index (χ2n) is 4.32. The van der Waals surface area contributed by atoms with Gasteiger partial charge in [-0.05, 0) is 12.1 Å². The van der Waals surface area contributed by atoms with E-state index in [1.54, 1.807) is 4.57 Å². The van der Waals surface area contributed by atoms with Crippen molar-refractivity contribution in [2.45, 2.75) is 10.0 Å². The summed E-state index contributed by atoms with van der Waals surface area (Å²) < 4.78 is -0.137. The minimum absolute atomic E-state index is 0.836. The SMILES string of the molecule is OC(n1c2ccccc2c2ccccc21)C(Cl)(Cl)Cl. The number of alkyl halides is 3. The van der Waals surface area contributed by atoms with Gasteiger partial charge in [0.05, 0.1) is 11.0 Å². The maximum Gasteiger partial charge on any atom is 0.234 e. The molecule has 0 amide bonds. The van der Waals surface area contributed by atoms with E-state index in [0.717, 1.165) is 21.8 Å². The number of benzene rings is 2. The fourth-order valence-corrected chi connectivity index (χ4v) is 2.66. The average molecular weight is 315 g/mol. The number of para-hydroxylation sites is 2. The molecule has 1 N–H and O–H groups in total. The highest BCUT2D eigenvalue weighted by molar-refractivity contribution is 6.67. The van der Waals surface area contributed by atoms with Crippen molar-refractivity contribution in [2.75, 3.05) is 0 Å². The molecule has 0 fully saturated rings. The molecule has 5 heteroatoms. The standard InChI is InChI=1S/C14H10Cl3NO/c15-14(16,17)13(19)18-11-7-3-1-5-9(11)10-6-2-4-8-12(10)18/h1-8,13,19H. The predicted molar refractivity (Wildman–Crippen MR) is 81.0 cm³/mol. The molecule has 0 aliphatic rings. The summed E-state index contributed by atoms with van der Waals surface area (Å²) in [5.74, 6) is 0. The number of hydrogen-bond donors (Lipinski definition) is 1. The highest BCUT2D eigenvalue weighted by Gasteiger charge is 2.34. The molecule has 0 saturated heterocycles. The Morgan fingerprint density at radius 1 is 0.842 bits per heavy atom. The van der Waals surface area contributed by atoms with E-state index >= 15 is 0 Å². The lowest BCUT2D eigenvalue weighted by atomic mass is 10.2. The monoisotopic (exact) mass is 313 g/mol. The van der Waals surface area contributed by atoms with E-state index in [1.807, 2.05) is 48.5 Å². The van der Waals surface area contributed by atoms with Crippen LogP contribution < -0.4 is 0 Å². The van der Waals surface area contributed by atoms with Gasteiger partial charge in [0.15, 0.2) is 6.23 Å². The Morgan fingerprint density at radius 2 is 1.26 bits per heavy atom. The van der Waals surface area contributed by atoms with Crippen LogP contribution in [-0.2, 0) is 0 Å². The molecule has 0 spiro atoms. The largest absolute Gasteiger partial charge is 0.369 e. The molecule has 1 unspecified atom stereocenters. The fraction of sp³-hybridized carbons (Fsp3) is 0.143. The topological polar surface area (TPSA) is 25.2 Å². The third-order valence-corrected chi connectivity index (χ3v) is 3.74. The average Bonchev–Trinajstić information content (AvgIpc) is 2.71. The third kappa shape index (κ3) is 2.09. The van der Waals surface area contributed by atoms with Crippen molar-refractivity contribution in [1.82, 2.24) is 4.57 Å². The number of nitrogens with zero attached hydrogens (tertiary/aromatic N) is 1. The predicted octanol–water partition coefficient (Wildman–Crippen LogP) is 4.66. The number of aliphatic hydroxyl groups excluding tert-OH is 1. The molecule has 3 aromatic rings. The molecule has 1 aromatic heterocycles. The smallest absolute Gasteiger partial charge is 0.234 e. The number of aromatic nitrogens is 1. The second kappa shape index (κ2) is 4.57. The Kier molecular flexibility index (Phi) is 3.14. The number of rotatable bonds is 1. The van der Waals surface area contributed by atoms with Gasteiger partial charge in [0.25, 0.3) is 0 Å². The van der Waals surface area contributed by atoms with Crippen molar-refractivity contribution >= 4 is 56.6 Å². The Hall–Kier alpha value is -0.930. The first-order valence-corrected chi connectivity index (χ1v) is 6.86.